The zero-order valence-electron chi connectivity index (χ0n) is 14.3. The van der Waals surface area contributed by atoms with Crippen LogP contribution in [0.2, 0.25) is 0 Å². The van der Waals surface area contributed by atoms with E-state index in [1.165, 1.54) is 16.7 Å². The second-order valence-electron chi connectivity index (χ2n) is 7.75. The molecule has 0 spiro atoms. The molecule has 4 rings (SSSR count). The first-order valence-corrected chi connectivity index (χ1v) is 8.89. The van der Waals surface area contributed by atoms with Crippen LogP contribution in [0.1, 0.15) is 44.4 Å². The van der Waals surface area contributed by atoms with Gasteiger partial charge in [-0.25, -0.2) is 4.99 Å². The van der Waals surface area contributed by atoms with Crippen LogP contribution in [0.5, 0.6) is 5.75 Å². The summed E-state index contributed by atoms with van der Waals surface area (Å²) < 4.78 is 6.81. The van der Waals surface area contributed by atoms with E-state index in [0.29, 0.717) is 18.1 Å². The first-order chi connectivity index (χ1) is 11.2. The molecule has 24 heavy (non-hydrogen) atoms. The fourth-order valence-electron chi connectivity index (χ4n) is 3.64. The number of fused-ring (bicyclic) bond motifs is 3. The van der Waals surface area contributed by atoms with Crippen LogP contribution in [0, 0.1) is 0 Å². The third kappa shape index (κ3) is 2.20. The molecule has 2 aromatic carbocycles. The summed E-state index contributed by atoms with van der Waals surface area (Å²) in [7, 11) is 0. The van der Waals surface area contributed by atoms with Gasteiger partial charge in [0.25, 0.3) is 0 Å². The van der Waals surface area contributed by atoms with Crippen molar-refractivity contribution in [3.8, 4) is 16.9 Å². The summed E-state index contributed by atoms with van der Waals surface area (Å²) >= 11 is 3.57. The normalized spacial score (nSPS) is 19.5. The second-order valence-corrected chi connectivity index (χ2v) is 8.66. The molecule has 0 saturated carbocycles. The Kier molecular flexibility index (Phi) is 3.17. The van der Waals surface area contributed by atoms with Gasteiger partial charge in [-0.05, 0) is 60.4 Å². The van der Waals surface area contributed by atoms with Crippen molar-refractivity contribution in [2.75, 3.05) is 6.61 Å². The van der Waals surface area contributed by atoms with Gasteiger partial charge >= 0.3 is 0 Å². The molecule has 1 aliphatic heterocycles. The minimum atomic E-state index is -0.246. The van der Waals surface area contributed by atoms with Gasteiger partial charge in [0.2, 0.25) is 5.90 Å². The van der Waals surface area contributed by atoms with E-state index in [1.807, 2.05) is 32.0 Å². The monoisotopic (exact) mass is 385 g/mol. The van der Waals surface area contributed by atoms with Crippen molar-refractivity contribution < 1.29 is 9.84 Å². The van der Waals surface area contributed by atoms with E-state index in [4.69, 9.17) is 4.74 Å². The van der Waals surface area contributed by atoms with Crippen LogP contribution in [-0.2, 0) is 10.2 Å². The first-order valence-electron chi connectivity index (χ1n) is 8.10. The lowest BCUT2D eigenvalue weighted by molar-refractivity contribution is 0.279. The fraction of sp³-hybridized carbons (Fsp3) is 0.350. The number of rotatable bonds is 1. The number of hydrogen-bond acceptors (Lipinski definition) is 3. The van der Waals surface area contributed by atoms with E-state index in [2.05, 4.69) is 46.9 Å². The topological polar surface area (TPSA) is 41.8 Å². The van der Waals surface area contributed by atoms with Gasteiger partial charge in [-0.2, -0.15) is 0 Å². The highest BCUT2D eigenvalue weighted by molar-refractivity contribution is 9.10. The Morgan fingerprint density at radius 1 is 1.00 bits per heavy atom. The van der Waals surface area contributed by atoms with Gasteiger partial charge in [0, 0.05) is 9.89 Å². The molecular formula is C20H20BrNO2. The number of halogens is 1. The Bertz CT molecular complexity index is 897. The summed E-state index contributed by atoms with van der Waals surface area (Å²) in [5, 5.41) is 10.6. The molecule has 2 aromatic rings. The van der Waals surface area contributed by atoms with E-state index in [0.717, 1.165) is 10.0 Å². The van der Waals surface area contributed by atoms with E-state index in [9.17, 15) is 5.11 Å². The number of ether oxygens (including phenoxy) is 1. The Hall–Kier alpha value is -1.81. The molecule has 1 N–H and O–H groups in total. The lowest BCUT2D eigenvalue weighted by Gasteiger charge is -2.22. The van der Waals surface area contributed by atoms with Crippen molar-refractivity contribution in [2.45, 2.75) is 38.6 Å². The second kappa shape index (κ2) is 4.85. The largest absolute Gasteiger partial charge is 0.507 e. The molecule has 1 heterocycles. The summed E-state index contributed by atoms with van der Waals surface area (Å²) in [6.07, 6.45) is 0. The van der Waals surface area contributed by atoms with E-state index < -0.39 is 0 Å². The highest BCUT2D eigenvalue weighted by Crippen LogP contribution is 2.51. The third-order valence-electron chi connectivity index (χ3n) is 4.95. The predicted octanol–water partition coefficient (Wildman–Crippen LogP) is 5.02. The number of aliphatic imine (C=N–C) groups is 1. The van der Waals surface area contributed by atoms with Gasteiger partial charge in [-0.15, -0.1) is 0 Å². The molecule has 0 bridgehead atoms. The van der Waals surface area contributed by atoms with Gasteiger partial charge in [-0.1, -0.05) is 35.8 Å². The molecule has 0 radical (unpaired) electrons. The summed E-state index contributed by atoms with van der Waals surface area (Å²) in [4.78, 5) is 4.61. The van der Waals surface area contributed by atoms with Crippen molar-refractivity contribution in [1.82, 2.24) is 0 Å². The average Bonchev–Trinajstić information content (AvgIpc) is 2.95. The molecule has 0 fully saturated rings. The molecular weight excluding hydrogens is 366 g/mol. The maximum absolute atomic E-state index is 10.6. The molecule has 124 valence electrons. The number of hydrogen-bond donors (Lipinski definition) is 1. The predicted molar refractivity (Wildman–Crippen MR) is 99.9 cm³/mol. The van der Waals surface area contributed by atoms with Crippen LogP contribution in [0.15, 0.2) is 39.8 Å². The van der Waals surface area contributed by atoms with Crippen LogP contribution in [-0.4, -0.2) is 23.2 Å². The van der Waals surface area contributed by atoms with Crippen LogP contribution in [0.4, 0.5) is 0 Å². The number of phenolic OH excluding ortho intramolecular Hbond substituents is 1. The SMILES string of the molecule is CC1(C)COC(c2cc3c(cc2O)-c2ccc(Br)cc2C3(C)C)=N1. The summed E-state index contributed by atoms with van der Waals surface area (Å²) in [5.41, 5.74) is 5.02. The van der Waals surface area contributed by atoms with Crippen molar-refractivity contribution in [2.24, 2.45) is 4.99 Å². The molecule has 1 aliphatic carbocycles. The Morgan fingerprint density at radius 2 is 1.71 bits per heavy atom. The van der Waals surface area contributed by atoms with E-state index in [1.54, 1.807) is 0 Å². The maximum atomic E-state index is 10.6. The molecule has 0 unspecified atom stereocenters. The van der Waals surface area contributed by atoms with Crippen molar-refractivity contribution in [3.63, 3.8) is 0 Å². The van der Waals surface area contributed by atoms with E-state index >= 15 is 0 Å². The molecule has 0 aromatic heterocycles. The van der Waals surface area contributed by atoms with Crippen molar-refractivity contribution in [3.05, 3.63) is 51.5 Å². The Morgan fingerprint density at radius 3 is 2.38 bits per heavy atom. The minimum absolute atomic E-state index is 0.133. The van der Waals surface area contributed by atoms with Gasteiger partial charge in [0.15, 0.2) is 0 Å². The van der Waals surface area contributed by atoms with Gasteiger partial charge in [-0.3, -0.25) is 0 Å². The quantitative estimate of drug-likeness (QED) is 0.748. The lowest BCUT2D eigenvalue weighted by atomic mass is 9.82. The number of phenols is 1. The third-order valence-corrected chi connectivity index (χ3v) is 5.44. The van der Waals surface area contributed by atoms with Crippen molar-refractivity contribution >= 4 is 21.8 Å². The van der Waals surface area contributed by atoms with E-state index in [-0.39, 0.29) is 16.7 Å². The van der Waals surface area contributed by atoms with Gasteiger partial charge in [0.1, 0.15) is 12.4 Å². The van der Waals surface area contributed by atoms with Crippen LogP contribution >= 0.6 is 15.9 Å². The smallest absolute Gasteiger partial charge is 0.220 e. The Balaban J connectivity index is 1.92. The summed E-state index contributed by atoms with van der Waals surface area (Å²) in [6, 6.07) is 10.2. The molecule has 3 nitrogen and oxygen atoms in total. The first kappa shape index (κ1) is 15.7. The number of aromatic hydroxyl groups is 1. The zero-order chi connectivity index (χ0) is 17.3. The molecule has 4 heteroatoms. The van der Waals surface area contributed by atoms with Crippen LogP contribution < -0.4 is 0 Å². The van der Waals surface area contributed by atoms with Crippen LogP contribution in [0.25, 0.3) is 11.1 Å². The lowest BCUT2D eigenvalue weighted by Crippen LogP contribution is -2.17. The Labute approximate surface area is 150 Å². The molecule has 2 aliphatic rings. The number of benzene rings is 2. The number of nitrogens with zero attached hydrogens (tertiary/aromatic N) is 1. The van der Waals surface area contributed by atoms with Gasteiger partial charge in [0.05, 0.1) is 11.1 Å². The fourth-order valence-corrected chi connectivity index (χ4v) is 4.00. The highest BCUT2D eigenvalue weighted by Gasteiger charge is 2.38. The zero-order valence-corrected chi connectivity index (χ0v) is 15.9. The van der Waals surface area contributed by atoms with Crippen LogP contribution in [0.3, 0.4) is 0 Å². The molecule has 0 atom stereocenters. The maximum Gasteiger partial charge on any atom is 0.220 e. The summed E-state index contributed by atoms with van der Waals surface area (Å²) in [5.74, 6) is 0.755. The molecule has 0 saturated heterocycles. The standard InChI is InChI=1S/C20H20BrNO2/c1-19(2)10-24-18(22-19)14-8-16-13(9-17(14)23)12-6-5-11(21)7-15(12)20(16,3)4/h5-9,23H,10H2,1-4H3. The molecule has 0 amide bonds. The van der Waals surface area contributed by atoms with Gasteiger partial charge < -0.3 is 9.84 Å². The average molecular weight is 386 g/mol. The van der Waals surface area contributed by atoms with Crippen molar-refractivity contribution in [1.29, 1.82) is 0 Å². The summed E-state index contributed by atoms with van der Waals surface area (Å²) in [6.45, 7) is 9.03. The minimum Gasteiger partial charge on any atom is -0.507 e. The highest BCUT2D eigenvalue weighted by atomic mass is 79.9.